The van der Waals surface area contributed by atoms with E-state index in [2.05, 4.69) is 32.7 Å². The summed E-state index contributed by atoms with van der Waals surface area (Å²) in [5, 5.41) is 17.6. The largest absolute Gasteiger partial charge is 0.379 e. The van der Waals surface area contributed by atoms with E-state index < -0.39 is 4.92 Å². The molecule has 2 aromatic carbocycles. The molecule has 1 aliphatic heterocycles. The molecule has 1 saturated heterocycles. The third-order valence-electron chi connectivity index (χ3n) is 4.94. The number of benzene rings is 2. The SMILES string of the molecule is O=[N+]([O-])c1ccc(CN=C(NCCc2ccccc2)NCCN2CCOCC2)cc1. The van der Waals surface area contributed by atoms with Crippen LogP contribution in [0.3, 0.4) is 0 Å². The smallest absolute Gasteiger partial charge is 0.269 e. The Labute approximate surface area is 177 Å². The third kappa shape index (κ3) is 7.46. The van der Waals surface area contributed by atoms with Gasteiger partial charge in [-0.2, -0.15) is 0 Å². The molecule has 1 fully saturated rings. The summed E-state index contributed by atoms with van der Waals surface area (Å²) in [7, 11) is 0. The van der Waals surface area contributed by atoms with Gasteiger partial charge in [-0.05, 0) is 17.5 Å². The normalized spacial score (nSPS) is 15.0. The Bertz CT molecular complexity index is 805. The van der Waals surface area contributed by atoms with E-state index in [1.807, 2.05) is 18.2 Å². The topological polar surface area (TPSA) is 92.0 Å². The van der Waals surface area contributed by atoms with Crippen LogP contribution < -0.4 is 10.6 Å². The van der Waals surface area contributed by atoms with Crippen molar-refractivity contribution < 1.29 is 9.66 Å². The highest BCUT2D eigenvalue weighted by Crippen LogP contribution is 2.12. The number of hydrogen-bond acceptors (Lipinski definition) is 5. The molecule has 1 heterocycles. The lowest BCUT2D eigenvalue weighted by Crippen LogP contribution is -2.44. The summed E-state index contributed by atoms with van der Waals surface area (Å²) in [6, 6.07) is 16.8. The average molecular weight is 412 g/mol. The van der Waals surface area contributed by atoms with Gasteiger partial charge >= 0.3 is 0 Å². The fourth-order valence-electron chi connectivity index (χ4n) is 3.19. The molecular weight excluding hydrogens is 382 g/mol. The van der Waals surface area contributed by atoms with E-state index in [4.69, 9.17) is 4.74 Å². The number of nitrogens with one attached hydrogen (secondary N) is 2. The lowest BCUT2D eigenvalue weighted by molar-refractivity contribution is -0.384. The second-order valence-corrected chi connectivity index (χ2v) is 7.13. The van der Waals surface area contributed by atoms with Crippen LogP contribution in [-0.2, 0) is 17.7 Å². The van der Waals surface area contributed by atoms with Crippen LogP contribution in [0.2, 0.25) is 0 Å². The summed E-state index contributed by atoms with van der Waals surface area (Å²) in [6.07, 6.45) is 0.905. The molecule has 8 nitrogen and oxygen atoms in total. The lowest BCUT2D eigenvalue weighted by atomic mass is 10.1. The van der Waals surface area contributed by atoms with Crippen molar-refractivity contribution in [3.8, 4) is 0 Å². The summed E-state index contributed by atoms with van der Waals surface area (Å²) in [6.45, 7) is 6.44. The summed E-state index contributed by atoms with van der Waals surface area (Å²) < 4.78 is 5.39. The van der Waals surface area contributed by atoms with Crippen LogP contribution >= 0.6 is 0 Å². The first kappa shape index (κ1) is 21.7. The fourth-order valence-corrected chi connectivity index (χ4v) is 3.19. The van der Waals surface area contributed by atoms with Crippen LogP contribution in [0, 0.1) is 10.1 Å². The molecule has 160 valence electrons. The van der Waals surface area contributed by atoms with Gasteiger partial charge < -0.3 is 15.4 Å². The number of nitrogens with zero attached hydrogens (tertiary/aromatic N) is 3. The van der Waals surface area contributed by atoms with Gasteiger partial charge in [-0.3, -0.25) is 15.0 Å². The van der Waals surface area contributed by atoms with E-state index in [1.165, 1.54) is 17.7 Å². The van der Waals surface area contributed by atoms with Crippen molar-refractivity contribution in [2.75, 3.05) is 45.9 Å². The quantitative estimate of drug-likeness (QED) is 0.284. The lowest BCUT2D eigenvalue weighted by Gasteiger charge is -2.26. The van der Waals surface area contributed by atoms with Gasteiger partial charge in [0.2, 0.25) is 0 Å². The van der Waals surface area contributed by atoms with Crippen LogP contribution in [0.1, 0.15) is 11.1 Å². The molecule has 0 aliphatic carbocycles. The molecule has 0 spiro atoms. The number of hydrogen-bond donors (Lipinski definition) is 2. The van der Waals surface area contributed by atoms with Gasteiger partial charge in [-0.15, -0.1) is 0 Å². The van der Waals surface area contributed by atoms with Crippen LogP contribution in [0.25, 0.3) is 0 Å². The Hall–Kier alpha value is -2.97. The maximum Gasteiger partial charge on any atom is 0.269 e. The van der Waals surface area contributed by atoms with Crippen molar-refractivity contribution in [1.29, 1.82) is 0 Å². The molecule has 3 rings (SSSR count). The van der Waals surface area contributed by atoms with Gasteiger partial charge in [0.25, 0.3) is 5.69 Å². The highest BCUT2D eigenvalue weighted by atomic mass is 16.6. The van der Waals surface area contributed by atoms with E-state index in [9.17, 15) is 10.1 Å². The zero-order valence-electron chi connectivity index (χ0n) is 17.1. The zero-order valence-corrected chi connectivity index (χ0v) is 17.1. The molecule has 0 unspecified atom stereocenters. The molecule has 2 N–H and O–H groups in total. The van der Waals surface area contributed by atoms with Gasteiger partial charge in [0.05, 0.1) is 24.7 Å². The van der Waals surface area contributed by atoms with E-state index >= 15 is 0 Å². The minimum atomic E-state index is -0.392. The Morgan fingerprint density at radius 2 is 1.70 bits per heavy atom. The molecule has 2 aromatic rings. The predicted octanol–water partition coefficient (Wildman–Crippen LogP) is 2.20. The van der Waals surface area contributed by atoms with Crippen LogP contribution in [0.4, 0.5) is 5.69 Å². The number of ether oxygens (including phenoxy) is 1. The number of aliphatic imine (C=N–C) groups is 1. The average Bonchev–Trinajstić information content (AvgIpc) is 2.79. The standard InChI is InChI=1S/C22H29N5O3/c28-27(29)21-8-6-20(7-9-21)18-25-22(23-11-10-19-4-2-1-3-5-19)24-12-13-26-14-16-30-17-15-26/h1-9H,10-18H2,(H2,23,24,25). The van der Waals surface area contributed by atoms with E-state index in [0.29, 0.717) is 6.54 Å². The number of nitro groups is 1. The van der Waals surface area contributed by atoms with Gasteiger partial charge in [0, 0.05) is 44.9 Å². The minimum absolute atomic E-state index is 0.0903. The van der Waals surface area contributed by atoms with Crippen LogP contribution in [0.15, 0.2) is 59.6 Å². The maximum absolute atomic E-state index is 10.8. The fraction of sp³-hybridized carbons (Fsp3) is 0.409. The molecule has 0 radical (unpaired) electrons. The highest BCUT2D eigenvalue weighted by Gasteiger charge is 2.10. The van der Waals surface area contributed by atoms with Crippen molar-refractivity contribution >= 4 is 11.6 Å². The molecule has 1 aliphatic rings. The van der Waals surface area contributed by atoms with Crippen LogP contribution in [0.5, 0.6) is 0 Å². The van der Waals surface area contributed by atoms with E-state index in [0.717, 1.165) is 63.9 Å². The van der Waals surface area contributed by atoms with Crippen LogP contribution in [-0.4, -0.2) is 61.7 Å². The van der Waals surface area contributed by atoms with E-state index in [1.54, 1.807) is 12.1 Å². The van der Waals surface area contributed by atoms with Crippen molar-refractivity contribution in [2.45, 2.75) is 13.0 Å². The van der Waals surface area contributed by atoms with Crippen molar-refractivity contribution in [3.63, 3.8) is 0 Å². The molecule has 0 bridgehead atoms. The summed E-state index contributed by atoms with van der Waals surface area (Å²) in [5.41, 5.74) is 2.29. The number of morpholine rings is 1. The molecule has 30 heavy (non-hydrogen) atoms. The first-order chi connectivity index (χ1) is 14.7. The van der Waals surface area contributed by atoms with Gasteiger partial charge in [0.15, 0.2) is 5.96 Å². The van der Waals surface area contributed by atoms with Crippen molar-refractivity contribution in [2.24, 2.45) is 4.99 Å². The number of guanidine groups is 1. The molecule has 0 aromatic heterocycles. The van der Waals surface area contributed by atoms with Crippen molar-refractivity contribution in [1.82, 2.24) is 15.5 Å². The first-order valence-corrected chi connectivity index (χ1v) is 10.3. The summed E-state index contributed by atoms with van der Waals surface area (Å²) >= 11 is 0. The molecule has 8 heteroatoms. The summed E-state index contributed by atoms with van der Waals surface area (Å²) in [4.78, 5) is 17.4. The number of rotatable bonds is 9. The Balaban J connectivity index is 1.53. The highest BCUT2D eigenvalue weighted by molar-refractivity contribution is 5.79. The summed E-state index contributed by atoms with van der Waals surface area (Å²) in [5.74, 6) is 0.748. The van der Waals surface area contributed by atoms with Crippen molar-refractivity contribution in [3.05, 3.63) is 75.8 Å². The second kappa shape index (κ2) is 11.9. The number of non-ortho nitro benzene ring substituents is 1. The Morgan fingerprint density at radius 1 is 1.00 bits per heavy atom. The molecule has 0 atom stereocenters. The molecular formula is C22H29N5O3. The molecule has 0 amide bonds. The Morgan fingerprint density at radius 3 is 2.40 bits per heavy atom. The minimum Gasteiger partial charge on any atom is -0.379 e. The predicted molar refractivity (Wildman–Crippen MR) is 118 cm³/mol. The Kier molecular flexibility index (Phi) is 8.62. The maximum atomic E-state index is 10.8. The monoisotopic (exact) mass is 411 g/mol. The first-order valence-electron chi connectivity index (χ1n) is 10.3. The number of nitro benzene ring substituents is 1. The zero-order chi connectivity index (χ0) is 21.0. The van der Waals surface area contributed by atoms with Gasteiger partial charge in [0.1, 0.15) is 0 Å². The second-order valence-electron chi connectivity index (χ2n) is 7.13. The van der Waals surface area contributed by atoms with E-state index in [-0.39, 0.29) is 5.69 Å². The molecule has 0 saturated carbocycles. The third-order valence-corrected chi connectivity index (χ3v) is 4.94. The van der Waals surface area contributed by atoms with Gasteiger partial charge in [-0.25, -0.2) is 4.99 Å². The van der Waals surface area contributed by atoms with Gasteiger partial charge in [-0.1, -0.05) is 42.5 Å².